The maximum atomic E-state index is 12.8. The minimum Gasteiger partial charge on any atom is -0.323 e. The summed E-state index contributed by atoms with van der Waals surface area (Å²) in [5.74, 6) is 5.40. The summed E-state index contributed by atoms with van der Waals surface area (Å²) in [6.07, 6.45) is -2.62. The quantitative estimate of drug-likeness (QED) is 0.654. The molecule has 0 unspecified atom stereocenters. The molecule has 6 heteroatoms. The third-order valence-corrected chi connectivity index (χ3v) is 4.07. The maximum absolute atomic E-state index is 12.8. The zero-order valence-electron chi connectivity index (χ0n) is 9.89. The molecule has 3 nitrogen and oxygen atoms in total. The van der Waals surface area contributed by atoms with Crippen LogP contribution in [0.1, 0.15) is 23.2 Å². The fraction of sp³-hybridized carbons (Fsp3) is 0.250. The summed E-state index contributed by atoms with van der Waals surface area (Å²) in [6.45, 7) is 3.78. The Kier molecular flexibility index (Phi) is 3.49. The van der Waals surface area contributed by atoms with Crippen molar-refractivity contribution in [1.29, 1.82) is 0 Å². The molecule has 1 heterocycles. The molecule has 18 heavy (non-hydrogen) atoms. The van der Waals surface area contributed by atoms with Crippen molar-refractivity contribution in [3.8, 4) is 0 Å². The summed E-state index contributed by atoms with van der Waals surface area (Å²) in [4.78, 5) is 3.98. The minimum absolute atomic E-state index is 0.281. The highest BCUT2D eigenvalue weighted by Gasteiger charge is 2.16. The number of nitrogens with zero attached hydrogens (tertiary/aromatic N) is 1. The molecule has 1 aromatic heterocycles. The van der Waals surface area contributed by atoms with Crippen LogP contribution in [0.25, 0.3) is 10.9 Å². The number of fused-ring (bicyclic) bond motifs is 1. The van der Waals surface area contributed by atoms with Crippen LogP contribution in [-0.4, -0.2) is 4.98 Å². The van der Waals surface area contributed by atoms with E-state index in [2.05, 4.69) is 26.3 Å². The number of aromatic nitrogens is 1. The van der Waals surface area contributed by atoms with Gasteiger partial charge in [-0.1, -0.05) is 15.9 Å². The van der Waals surface area contributed by atoms with Gasteiger partial charge in [-0.25, -0.2) is 13.8 Å². The molecule has 0 fully saturated rings. The van der Waals surface area contributed by atoms with Crippen molar-refractivity contribution in [2.24, 2.45) is 5.84 Å². The second kappa shape index (κ2) is 4.78. The molecule has 0 bridgehead atoms. The van der Waals surface area contributed by atoms with Gasteiger partial charge in [0.25, 0.3) is 6.43 Å². The molecular formula is C12H12BrF2N3. The Morgan fingerprint density at radius 1 is 1.33 bits per heavy atom. The van der Waals surface area contributed by atoms with E-state index in [4.69, 9.17) is 5.84 Å². The van der Waals surface area contributed by atoms with Crippen LogP contribution in [0, 0.1) is 13.8 Å². The zero-order chi connectivity index (χ0) is 13.4. The van der Waals surface area contributed by atoms with E-state index in [1.165, 1.54) is 6.07 Å². The Balaban J connectivity index is 2.88. The average Bonchev–Trinajstić information content (AvgIpc) is 2.34. The Morgan fingerprint density at radius 3 is 2.56 bits per heavy atom. The van der Waals surface area contributed by atoms with Gasteiger partial charge < -0.3 is 5.43 Å². The van der Waals surface area contributed by atoms with Crippen LogP contribution in [0.2, 0.25) is 0 Å². The highest BCUT2D eigenvalue weighted by Crippen LogP contribution is 2.34. The number of hydrazine groups is 1. The summed E-state index contributed by atoms with van der Waals surface area (Å²) in [7, 11) is 0. The van der Waals surface area contributed by atoms with E-state index in [0.29, 0.717) is 11.2 Å². The summed E-state index contributed by atoms with van der Waals surface area (Å²) in [6, 6.07) is 3.04. The van der Waals surface area contributed by atoms with Crippen LogP contribution in [0.5, 0.6) is 0 Å². The lowest BCUT2D eigenvalue weighted by molar-refractivity contribution is 0.146. The molecule has 0 saturated carbocycles. The van der Waals surface area contributed by atoms with Gasteiger partial charge in [-0.05, 0) is 37.1 Å². The molecule has 0 aliphatic carbocycles. The fourth-order valence-corrected chi connectivity index (χ4v) is 2.30. The first-order valence-corrected chi connectivity index (χ1v) is 6.10. The number of halogens is 3. The number of nitrogens with two attached hydrogens (primary N) is 1. The Bertz CT molecular complexity index is 614. The van der Waals surface area contributed by atoms with Gasteiger partial charge in [0.05, 0.1) is 11.2 Å². The normalized spacial score (nSPS) is 11.3. The molecule has 2 rings (SSSR count). The van der Waals surface area contributed by atoms with E-state index in [9.17, 15) is 8.78 Å². The van der Waals surface area contributed by atoms with Gasteiger partial charge in [0.1, 0.15) is 5.69 Å². The van der Waals surface area contributed by atoms with E-state index in [1.54, 1.807) is 6.07 Å². The molecule has 0 atom stereocenters. The van der Waals surface area contributed by atoms with Crippen LogP contribution < -0.4 is 11.3 Å². The molecule has 0 radical (unpaired) electrons. The molecule has 96 valence electrons. The highest BCUT2D eigenvalue weighted by atomic mass is 79.9. The predicted molar refractivity (Wildman–Crippen MR) is 71.7 cm³/mol. The molecule has 0 aliphatic heterocycles. The molecule has 1 aromatic carbocycles. The van der Waals surface area contributed by atoms with Crippen LogP contribution in [0.4, 0.5) is 14.5 Å². The van der Waals surface area contributed by atoms with Gasteiger partial charge in [0.2, 0.25) is 0 Å². The first-order valence-electron chi connectivity index (χ1n) is 5.30. The lowest BCUT2D eigenvalue weighted by Gasteiger charge is -2.13. The van der Waals surface area contributed by atoms with Crippen molar-refractivity contribution in [3.05, 3.63) is 33.4 Å². The molecule has 0 spiro atoms. The van der Waals surface area contributed by atoms with Crippen molar-refractivity contribution in [1.82, 2.24) is 4.98 Å². The topological polar surface area (TPSA) is 50.9 Å². The third kappa shape index (κ3) is 2.06. The van der Waals surface area contributed by atoms with E-state index in [-0.39, 0.29) is 5.69 Å². The molecular weight excluding hydrogens is 304 g/mol. The van der Waals surface area contributed by atoms with Crippen molar-refractivity contribution in [2.45, 2.75) is 20.3 Å². The minimum atomic E-state index is -2.62. The van der Waals surface area contributed by atoms with E-state index in [0.717, 1.165) is 21.0 Å². The standard InChI is InChI=1S/C12H12BrF2N3/c1-5-3-7-10(6(2)11(5)13)8(18-16)4-9(17-7)12(14)15/h3-4,12H,16H2,1-2H3,(H,17,18). The smallest absolute Gasteiger partial charge is 0.280 e. The SMILES string of the molecule is Cc1cc2nc(C(F)F)cc(NN)c2c(C)c1Br. The van der Waals surface area contributed by atoms with Crippen LogP contribution in [0.15, 0.2) is 16.6 Å². The van der Waals surface area contributed by atoms with Gasteiger partial charge in [-0.3, -0.25) is 5.84 Å². The maximum Gasteiger partial charge on any atom is 0.280 e. The molecule has 2 aromatic rings. The number of alkyl halides is 2. The molecule has 0 aliphatic rings. The van der Waals surface area contributed by atoms with Crippen LogP contribution in [-0.2, 0) is 0 Å². The third-order valence-electron chi connectivity index (χ3n) is 2.85. The number of rotatable bonds is 2. The number of anilines is 1. The van der Waals surface area contributed by atoms with Gasteiger partial charge >= 0.3 is 0 Å². The number of nitrogen functional groups attached to an aromatic ring is 1. The molecule has 0 amide bonds. The Labute approximate surface area is 111 Å². The van der Waals surface area contributed by atoms with Crippen molar-refractivity contribution < 1.29 is 8.78 Å². The first kappa shape index (κ1) is 13.2. The van der Waals surface area contributed by atoms with Crippen LogP contribution in [0.3, 0.4) is 0 Å². The fourth-order valence-electron chi connectivity index (χ4n) is 1.98. The summed E-state index contributed by atoms with van der Waals surface area (Å²) in [5, 5.41) is 0.749. The average molecular weight is 316 g/mol. The van der Waals surface area contributed by atoms with Gasteiger partial charge in [-0.2, -0.15) is 0 Å². The van der Waals surface area contributed by atoms with Crippen LogP contribution >= 0.6 is 15.9 Å². The van der Waals surface area contributed by atoms with Crippen molar-refractivity contribution in [3.63, 3.8) is 0 Å². The van der Waals surface area contributed by atoms with E-state index in [1.807, 2.05) is 13.8 Å². The van der Waals surface area contributed by atoms with E-state index >= 15 is 0 Å². The highest BCUT2D eigenvalue weighted by molar-refractivity contribution is 9.10. The largest absolute Gasteiger partial charge is 0.323 e. The second-order valence-corrected chi connectivity index (χ2v) is 4.86. The lowest BCUT2D eigenvalue weighted by Crippen LogP contribution is -2.09. The number of benzene rings is 1. The number of pyridine rings is 1. The number of hydrogen-bond acceptors (Lipinski definition) is 3. The molecule has 3 N–H and O–H groups in total. The van der Waals surface area contributed by atoms with Crippen molar-refractivity contribution in [2.75, 3.05) is 5.43 Å². The summed E-state index contributed by atoms with van der Waals surface area (Å²) in [5.41, 5.74) is 5.01. The second-order valence-electron chi connectivity index (χ2n) is 4.07. The van der Waals surface area contributed by atoms with Gasteiger partial charge in [-0.15, -0.1) is 0 Å². The Hall–Kier alpha value is -1.27. The first-order chi connectivity index (χ1) is 8.45. The summed E-state index contributed by atoms with van der Waals surface area (Å²) < 4.78 is 26.4. The number of aryl methyl sites for hydroxylation is 2. The van der Waals surface area contributed by atoms with Gasteiger partial charge in [0.15, 0.2) is 0 Å². The Morgan fingerprint density at radius 2 is 2.00 bits per heavy atom. The lowest BCUT2D eigenvalue weighted by atomic mass is 10.0. The predicted octanol–water partition coefficient (Wildman–Crippen LogP) is 3.84. The molecule has 0 saturated heterocycles. The van der Waals surface area contributed by atoms with Crippen molar-refractivity contribution >= 4 is 32.5 Å². The number of hydrogen-bond donors (Lipinski definition) is 2. The van der Waals surface area contributed by atoms with Gasteiger partial charge in [0, 0.05) is 9.86 Å². The number of nitrogens with one attached hydrogen (secondary N) is 1. The van der Waals surface area contributed by atoms with E-state index < -0.39 is 6.43 Å². The zero-order valence-corrected chi connectivity index (χ0v) is 11.5. The monoisotopic (exact) mass is 315 g/mol. The summed E-state index contributed by atoms with van der Waals surface area (Å²) >= 11 is 3.47.